The lowest BCUT2D eigenvalue weighted by Crippen LogP contribution is -2.52. The molecular formula is C27H20N6O6. The summed E-state index contributed by atoms with van der Waals surface area (Å²) in [4.78, 5) is 33.9. The Kier molecular flexibility index (Phi) is 7.75. The topological polar surface area (TPSA) is 208 Å². The maximum absolute atomic E-state index is 12.8. The lowest BCUT2D eigenvalue weighted by atomic mass is 9.45. The van der Waals surface area contributed by atoms with Gasteiger partial charge in [-0.1, -0.05) is 30.8 Å². The summed E-state index contributed by atoms with van der Waals surface area (Å²) < 4.78 is 5.07. The van der Waals surface area contributed by atoms with Gasteiger partial charge < -0.3 is 4.74 Å². The average Bonchev–Trinajstić information content (AvgIpc) is 2.95. The Hall–Kier alpha value is -5.59. The molecule has 39 heavy (non-hydrogen) atoms. The van der Waals surface area contributed by atoms with E-state index in [0.717, 1.165) is 12.1 Å². The Bertz CT molecular complexity index is 1480. The minimum absolute atomic E-state index is 0.0193. The van der Waals surface area contributed by atoms with E-state index in [1.54, 1.807) is 6.92 Å². The lowest BCUT2D eigenvalue weighted by Gasteiger charge is -2.50. The predicted molar refractivity (Wildman–Crippen MR) is 133 cm³/mol. The molecule has 3 rings (SSSR count). The van der Waals surface area contributed by atoms with E-state index in [4.69, 9.17) is 4.74 Å². The smallest absolute Gasteiger partial charge is 0.333 e. The molecule has 0 N–H and O–H groups in total. The molecule has 194 valence electrons. The molecule has 0 saturated heterocycles. The summed E-state index contributed by atoms with van der Waals surface area (Å²) in [6.07, 6.45) is -0.235. The quantitative estimate of drug-likeness (QED) is 0.213. The Labute approximate surface area is 222 Å². The van der Waals surface area contributed by atoms with E-state index in [9.17, 15) is 46.1 Å². The largest absolute Gasteiger partial charge is 0.463 e. The lowest BCUT2D eigenvalue weighted by molar-refractivity contribution is -0.385. The van der Waals surface area contributed by atoms with Crippen molar-refractivity contribution < 1.29 is 19.4 Å². The molecule has 0 radical (unpaired) electrons. The predicted octanol–water partition coefficient (Wildman–Crippen LogP) is 4.58. The number of ether oxygens (including phenoxy) is 1. The van der Waals surface area contributed by atoms with Gasteiger partial charge in [-0.25, -0.2) is 4.79 Å². The van der Waals surface area contributed by atoms with Gasteiger partial charge in [-0.15, -0.1) is 0 Å². The van der Waals surface area contributed by atoms with Crippen molar-refractivity contribution in [2.24, 2.45) is 16.7 Å². The molecule has 1 saturated carbocycles. The van der Waals surface area contributed by atoms with Gasteiger partial charge in [0.1, 0.15) is 0 Å². The number of esters is 1. The van der Waals surface area contributed by atoms with Gasteiger partial charge in [0, 0.05) is 47.6 Å². The molecule has 2 aromatic carbocycles. The molecule has 0 bridgehead atoms. The van der Waals surface area contributed by atoms with Gasteiger partial charge in [-0.3, -0.25) is 20.2 Å². The van der Waals surface area contributed by atoms with Gasteiger partial charge in [-0.2, -0.15) is 21.0 Å². The zero-order chi connectivity index (χ0) is 29.0. The van der Waals surface area contributed by atoms with Crippen molar-refractivity contribution in [3.05, 3.63) is 92.0 Å². The van der Waals surface area contributed by atoms with Crippen LogP contribution in [0.5, 0.6) is 0 Å². The fraction of sp³-hybridized carbons (Fsp3) is 0.296. The molecule has 3 atom stereocenters. The Balaban J connectivity index is 2.39. The molecule has 0 aliphatic heterocycles. The molecule has 12 heteroatoms. The highest BCUT2D eigenvalue weighted by Crippen LogP contribution is 2.65. The van der Waals surface area contributed by atoms with Crippen LogP contribution in [0.25, 0.3) is 0 Å². The van der Waals surface area contributed by atoms with Crippen molar-refractivity contribution in [1.82, 2.24) is 0 Å². The Morgan fingerprint density at radius 3 is 1.72 bits per heavy atom. The van der Waals surface area contributed by atoms with Crippen molar-refractivity contribution in [2.75, 3.05) is 6.61 Å². The number of nitro benzene ring substituents is 2. The van der Waals surface area contributed by atoms with Crippen LogP contribution >= 0.6 is 0 Å². The van der Waals surface area contributed by atoms with E-state index >= 15 is 0 Å². The van der Waals surface area contributed by atoms with Crippen molar-refractivity contribution >= 4 is 17.3 Å². The summed E-state index contributed by atoms with van der Waals surface area (Å²) in [5.74, 6) is -4.66. The third kappa shape index (κ3) is 4.52. The van der Waals surface area contributed by atoms with Crippen LogP contribution in [-0.2, 0) is 9.53 Å². The monoisotopic (exact) mass is 524 g/mol. The normalized spacial score (nSPS) is 20.6. The second kappa shape index (κ2) is 10.8. The first-order valence-corrected chi connectivity index (χ1v) is 11.6. The van der Waals surface area contributed by atoms with Crippen LogP contribution in [0.1, 0.15) is 36.3 Å². The number of nitrogens with zero attached hydrogens (tertiary/aromatic N) is 6. The number of nitriles is 4. The molecule has 0 unspecified atom stereocenters. The van der Waals surface area contributed by atoms with Gasteiger partial charge in [0.2, 0.25) is 0 Å². The number of non-ortho nitro benzene ring substituents is 2. The number of carbonyl (C=O) groups is 1. The first-order valence-electron chi connectivity index (χ1n) is 11.6. The summed E-state index contributed by atoms with van der Waals surface area (Å²) in [5.41, 5.74) is -4.62. The molecule has 1 aliphatic carbocycles. The minimum atomic E-state index is -2.19. The number of nitro groups is 2. The van der Waals surface area contributed by atoms with Crippen LogP contribution in [0.3, 0.4) is 0 Å². The highest BCUT2D eigenvalue weighted by molar-refractivity contribution is 5.89. The number of hydrogen-bond donors (Lipinski definition) is 0. The van der Waals surface area contributed by atoms with E-state index in [1.807, 2.05) is 24.3 Å². The third-order valence-corrected chi connectivity index (χ3v) is 7.12. The number of hydrogen-bond acceptors (Lipinski definition) is 10. The van der Waals surface area contributed by atoms with Crippen LogP contribution in [-0.4, -0.2) is 22.4 Å². The minimum Gasteiger partial charge on any atom is -0.463 e. The Morgan fingerprint density at radius 2 is 1.33 bits per heavy atom. The fourth-order valence-electron chi connectivity index (χ4n) is 5.31. The Morgan fingerprint density at radius 1 is 0.897 bits per heavy atom. The van der Waals surface area contributed by atoms with Crippen LogP contribution < -0.4 is 0 Å². The van der Waals surface area contributed by atoms with Gasteiger partial charge >= 0.3 is 5.97 Å². The standard InChI is InChI=1S/C27H20N6O6/c1-3-39-25(34)17(2)22-12-23(18-4-8-20(9-5-18)32(35)36)27(15-30,16-31)24(26(22,13-28)14-29)19-6-10-21(11-7-19)33(37)38/h4-11,22-24H,2-3,12H2,1H3/t22-,23+,24+/m1/s1. The zero-order valence-corrected chi connectivity index (χ0v) is 20.6. The molecule has 12 nitrogen and oxygen atoms in total. The maximum atomic E-state index is 12.8. The van der Waals surface area contributed by atoms with Crippen molar-refractivity contribution in [3.8, 4) is 24.3 Å². The second-order valence-electron chi connectivity index (χ2n) is 8.90. The number of benzene rings is 2. The number of rotatable bonds is 7. The first-order chi connectivity index (χ1) is 18.6. The van der Waals surface area contributed by atoms with Crippen LogP contribution in [0.2, 0.25) is 0 Å². The summed E-state index contributed by atoms with van der Waals surface area (Å²) in [6.45, 7) is 5.34. The van der Waals surface area contributed by atoms with Crippen LogP contribution in [0, 0.1) is 82.3 Å². The van der Waals surface area contributed by atoms with E-state index in [0.29, 0.717) is 5.56 Å². The molecule has 0 heterocycles. The fourth-order valence-corrected chi connectivity index (χ4v) is 5.31. The highest BCUT2D eigenvalue weighted by atomic mass is 16.6. The molecule has 0 aromatic heterocycles. The van der Waals surface area contributed by atoms with Crippen LogP contribution in [0.15, 0.2) is 60.7 Å². The van der Waals surface area contributed by atoms with Crippen molar-refractivity contribution in [3.63, 3.8) is 0 Å². The second-order valence-corrected chi connectivity index (χ2v) is 8.90. The first kappa shape index (κ1) is 28.0. The summed E-state index contributed by atoms with van der Waals surface area (Å²) >= 11 is 0. The molecule has 0 spiro atoms. The molecule has 1 fully saturated rings. The summed E-state index contributed by atoms with van der Waals surface area (Å²) in [7, 11) is 0. The maximum Gasteiger partial charge on any atom is 0.333 e. The third-order valence-electron chi connectivity index (χ3n) is 7.12. The molecule has 0 amide bonds. The van der Waals surface area contributed by atoms with E-state index in [-0.39, 0.29) is 35.5 Å². The van der Waals surface area contributed by atoms with Gasteiger partial charge in [-0.05, 0) is 24.5 Å². The number of carbonyl (C=O) groups excluding carboxylic acids is 1. The molecule has 2 aromatic rings. The van der Waals surface area contributed by atoms with Gasteiger partial charge in [0.15, 0.2) is 10.8 Å². The average molecular weight is 524 g/mol. The zero-order valence-electron chi connectivity index (χ0n) is 20.6. The highest BCUT2D eigenvalue weighted by Gasteiger charge is 2.66. The van der Waals surface area contributed by atoms with Gasteiger partial charge in [0.05, 0.1) is 40.7 Å². The summed E-state index contributed by atoms with van der Waals surface area (Å²) in [5, 5.41) is 64.4. The molecular weight excluding hydrogens is 504 g/mol. The van der Waals surface area contributed by atoms with Crippen molar-refractivity contribution in [2.45, 2.75) is 25.2 Å². The summed E-state index contributed by atoms with van der Waals surface area (Å²) in [6, 6.07) is 17.8. The van der Waals surface area contributed by atoms with E-state index in [1.165, 1.54) is 36.4 Å². The SMILES string of the molecule is C=C(C(=O)OCC)[C@H]1C[C@@H](c2ccc([N+](=O)[O-])cc2)C(C#N)(C#N)[C@@H](c2ccc([N+](=O)[O-])cc2)C1(C#N)C#N. The van der Waals surface area contributed by atoms with E-state index in [2.05, 4.69) is 6.58 Å². The van der Waals surface area contributed by atoms with Crippen LogP contribution in [0.4, 0.5) is 11.4 Å². The van der Waals surface area contributed by atoms with Gasteiger partial charge in [0.25, 0.3) is 11.4 Å². The molecule has 1 aliphatic rings. The van der Waals surface area contributed by atoms with E-state index < -0.39 is 44.4 Å². The van der Waals surface area contributed by atoms with Crippen molar-refractivity contribution in [1.29, 1.82) is 21.0 Å².